The second kappa shape index (κ2) is 4.13. The van der Waals surface area contributed by atoms with E-state index in [4.69, 9.17) is 0 Å². The number of halogens is 1. The van der Waals surface area contributed by atoms with Crippen molar-refractivity contribution in [1.29, 1.82) is 0 Å². The molecule has 0 rings (SSSR count). The van der Waals surface area contributed by atoms with E-state index in [1.165, 1.54) is 5.57 Å². The van der Waals surface area contributed by atoms with Gasteiger partial charge in [-0.2, -0.15) is 0 Å². The van der Waals surface area contributed by atoms with Gasteiger partial charge in [0.05, 0.1) is 0 Å². The number of hydrogen-bond acceptors (Lipinski definition) is 0. The molecule has 0 heterocycles. The maximum atomic E-state index is 3.15. The Bertz CT molecular complexity index is 86.4. The molecular formula is C6H9Br. The molecule has 7 heavy (non-hydrogen) atoms. The van der Waals surface area contributed by atoms with Crippen LogP contribution >= 0.6 is 15.9 Å². The Morgan fingerprint density at radius 1 is 1.43 bits per heavy atom. The topological polar surface area (TPSA) is 0 Å². The predicted molar refractivity (Wildman–Crippen MR) is 37.5 cm³/mol. The van der Waals surface area contributed by atoms with Crippen LogP contribution < -0.4 is 0 Å². The van der Waals surface area contributed by atoms with E-state index in [0.29, 0.717) is 0 Å². The quantitative estimate of drug-likeness (QED) is 0.518. The summed E-state index contributed by atoms with van der Waals surface area (Å²) in [5, 5.41) is 0. The van der Waals surface area contributed by atoms with E-state index >= 15 is 0 Å². The maximum Gasteiger partial charge on any atom is -0.0189 e. The number of hydrogen-bond donors (Lipinski definition) is 0. The van der Waals surface area contributed by atoms with Crippen LogP contribution in [0.25, 0.3) is 0 Å². The molecule has 0 saturated carbocycles. The molecule has 0 radical (unpaired) electrons. The highest BCUT2D eigenvalue weighted by atomic mass is 79.9. The third-order valence-electron chi connectivity index (χ3n) is 0.502. The lowest BCUT2D eigenvalue weighted by molar-refractivity contribution is 1.39. The third-order valence-corrected chi connectivity index (χ3v) is 0.808. The van der Waals surface area contributed by atoms with Crippen LogP contribution in [-0.4, -0.2) is 0 Å². The van der Waals surface area contributed by atoms with Crippen molar-refractivity contribution in [3.63, 3.8) is 0 Å². The molecule has 0 N–H and O–H groups in total. The SMILES string of the molecule is CC(C)=C/C=C/Br. The van der Waals surface area contributed by atoms with Gasteiger partial charge in [-0.1, -0.05) is 33.7 Å². The van der Waals surface area contributed by atoms with Crippen LogP contribution in [0.3, 0.4) is 0 Å². The van der Waals surface area contributed by atoms with Crippen LogP contribution in [0.4, 0.5) is 0 Å². The Morgan fingerprint density at radius 3 is 2.14 bits per heavy atom. The minimum absolute atomic E-state index is 1.32. The lowest BCUT2D eigenvalue weighted by Gasteiger charge is -1.77. The first-order valence-corrected chi connectivity index (χ1v) is 3.09. The van der Waals surface area contributed by atoms with Crippen LogP contribution in [0.5, 0.6) is 0 Å². The largest absolute Gasteiger partial charge is 0.0764 e. The van der Waals surface area contributed by atoms with Gasteiger partial charge in [-0.25, -0.2) is 0 Å². The Balaban J connectivity index is 3.46. The average molecular weight is 161 g/mol. The molecule has 0 amide bonds. The molecule has 40 valence electrons. The van der Waals surface area contributed by atoms with Crippen LogP contribution in [0.15, 0.2) is 22.7 Å². The second-order valence-electron chi connectivity index (χ2n) is 1.56. The van der Waals surface area contributed by atoms with Crippen molar-refractivity contribution in [1.82, 2.24) is 0 Å². The molecule has 0 aromatic rings. The summed E-state index contributed by atoms with van der Waals surface area (Å²) in [5.41, 5.74) is 1.32. The summed E-state index contributed by atoms with van der Waals surface area (Å²) in [6, 6.07) is 0. The molecule has 0 fully saturated rings. The summed E-state index contributed by atoms with van der Waals surface area (Å²) in [5.74, 6) is 0. The summed E-state index contributed by atoms with van der Waals surface area (Å²) in [6.45, 7) is 4.12. The third kappa shape index (κ3) is 5.96. The molecular weight excluding hydrogens is 152 g/mol. The fourth-order valence-electron chi connectivity index (χ4n) is 0.229. The molecule has 0 saturated heterocycles. The first-order chi connectivity index (χ1) is 3.27. The molecule has 0 unspecified atom stereocenters. The van der Waals surface area contributed by atoms with Crippen molar-refractivity contribution in [2.24, 2.45) is 0 Å². The first kappa shape index (κ1) is 6.96. The molecule has 0 aromatic heterocycles. The molecule has 1 heteroatoms. The smallest absolute Gasteiger partial charge is 0.0189 e. The molecule has 0 aromatic carbocycles. The van der Waals surface area contributed by atoms with Crippen molar-refractivity contribution in [2.45, 2.75) is 13.8 Å². The van der Waals surface area contributed by atoms with Gasteiger partial charge >= 0.3 is 0 Å². The van der Waals surface area contributed by atoms with Gasteiger partial charge in [0.2, 0.25) is 0 Å². The van der Waals surface area contributed by atoms with Gasteiger partial charge in [-0.15, -0.1) is 0 Å². The molecule has 0 atom stereocenters. The molecule has 0 aliphatic heterocycles. The van der Waals surface area contributed by atoms with E-state index in [1.807, 2.05) is 17.1 Å². The highest BCUT2D eigenvalue weighted by Crippen LogP contribution is 1.90. The molecule has 0 nitrogen and oxygen atoms in total. The van der Waals surface area contributed by atoms with Crippen molar-refractivity contribution >= 4 is 15.9 Å². The standard InChI is InChI=1S/C6H9Br/c1-6(2)4-3-5-7/h3-5H,1-2H3/b5-3+. The lowest BCUT2D eigenvalue weighted by atomic mass is 10.3. The Labute approximate surface area is 53.1 Å². The van der Waals surface area contributed by atoms with Crippen molar-refractivity contribution in [2.75, 3.05) is 0 Å². The van der Waals surface area contributed by atoms with E-state index in [9.17, 15) is 0 Å². The highest BCUT2D eigenvalue weighted by molar-refractivity contribution is 9.11. The monoisotopic (exact) mass is 160 g/mol. The zero-order valence-corrected chi connectivity index (χ0v) is 6.20. The fraction of sp³-hybridized carbons (Fsp3) is 0.333. The van der Waals surface area contributed by atoms with Crippen LogP contribution in [0.2, 0.25) is 0 Å². The number of allylic oxidation sites excluding steroid dienone is 3. The van der Waals surface area contributed by atoms with Crippen LogP contribution in [0, 0.1) is 0 Å². The first-order valence-electron chi connectivity index (χ1n) is 2.17. The molecule has 0 aliphatic rings. The Morgan fingerprint density at radius 2 is 2.00 bits per heavy atom. The highest BCUT2D eigenvalue weighted by Gasteiger charge is 1.65. The zero-order chi connectivity index (χ0) is 5.70. The van der Waals surface area contributed by atoms with Crippen LogP contribution in [0.1, 0.15) is 13.8 Å². The van der Waals surface area contributed by atoms with Crippen molar-refractivity contribution in [3.8, 4) is 0 Å². The van der Waals surface area contributed by atoms with Gasteiger partial charge in [0.25, 0.3) is 0 Å². The van der Waals surface area contributed by atoms with Gasteiger partial charge < -0.3 is 0 Å². The Kier molecular flexibility index (Phi) is 4.10. The molecule has 0 bridgehead atoms. The summed E-state index contributed by atoms with van der Waals surface area (Å²) in [6.07, 6.45) is 3.99. The van der Waals surface area contributed by atoms with Gasteiger partial charge in [-0.3, -0.25) is 0 Å². The predicted octanol–water partition coefficient (Wildman–Crippen LogP) is 2.86. The van der Waals surface area contributed by atoms with E-state index in [1.54, 1.807) is 0 Å². The minimum Gasteiger partial charge on any atom is -0.0764 e. The van der Waals surface area contributed by atoms with Crippen LogP contribution in [-0.2, 0) is 0 Å². The van der Waals surface area contributed by atoms with Gasteiger partial charge in [0.15, 0.2) is 0 Å². The van der Waals surface area contributed by atoms with Gasteiger partial charge in [0.1, 0.15) is 0 Å². The Hall–Kier alpha value is -0.0400. The summed E-state index contributed by atoms with van der Waals surface area (Å²) >= 11 is 3.15. The van der Waals surface area contributed by atoms with E-state index in [2.05, 4.69) is 29.8 Å². The normalized spacial score (nSPS) is 9.57. The minimum atomic E-state index is 1.32. The summed E-state index contributed by atoms with van der Waals surface area (Å²) in [7, 11) is 0. The van der Waals surface area contributed by atoms with E-state index in [0.717, 1.165) is 0 Å². The fourth-order valence-corrected chi connectivity index (χ4v) is 0.381. The van der Waals surface area contributed by atoms with Crippen molar-refractivity contribution in [3.05, 3.63) is 22.7 Å². The van der Waals surface area contributed by atoms with Crippen molar-refractivity contribution < 1.29 is 0 Å². The summed E-state index contributed by atoms with van der Waals surface area (Å²) < 4.78 is 0. The lowest BCUT2D eigenvalue weighted by Crippen LogP contribution is -1.55. The maximum absolute atomic E-state index is 3.15. The second-order valence-corrected chi connectivity index (χ2v) is 2.09. The molecule has 0 spiro atoms. The molecule has 0 aliphatic carbocycles. The average Bonchev–Trinajstić information content (AvgIpc) is 1.61. The zero-order valence-electron chi connectivity index (χ0n) is 4.61. The van der Waals surface area contributed by atoms with Gasteiger partial charge in [0, 0.05) is 0 Å². The number of rotatable bonds is 1. The van der Waals surface area contributed by atoms with Gasteiger partial charge in [-0.05, 0) is 18.8 Å². The van der Waals surface area contributed by atoms with E-state index < -0.39 is 0 Å². The summed E-state index contributed by atoms with van der Waals surface area (Å²) in [4.78, 5) is 1.83. The van der Waals surface area contributed by atoms with E-state index in [-0.39, 0.29) is 0 Å².